The number of nitrogens with zero attached hydrogens (tertiary/aromatic N) is 4. The lowest BCUT2D eigenvalue weighted by Crippen LogP contribution is -2.47. The van der Waals surface area contributed by atoms with Crippen molar-refractivity contribution in [3.05, 3.63) is 45.9 Å². The molecule has 1 fully saturated rings. The summed E-state index contributed by atoms with van der Waals surface area (Å²) in [6.45, 7) is 13.9. The molecule has 0 radical (unpaired) electrons. The number of benzene rings is 1. The molecule has 34 heavy (non-hydrogen) atoms. The maximum absolute atomic E-state index is 9.96. The van der Waals surface area contributed by atoms with Gasteiger partial charge in [0.25, 0.3) is 0 Å². The molecule has 4 atom stereocenters. The van der Waals surface area contributed by atoms with Crippen molar-refractivity contribution in [2.45, 2.75) is 104 Å². The first kappa shape index (κ1) is 24.5. The molecular formula is C28H39N5O. The van der Waals surface area contributed by atoms with Gasteiger partial charge in [0.2, 0.25) is 0 Å². The monoisotopic (exact) mass is 461 g/mol. The van der Waals surface area contributed by atoms with Crippen LogP contribution in [-0.2, 0) is 24.2 Å². The summed E-state index contributed by atoms with van der Waals surface area (Å²) in [4.78, 5) is 12.5. The van der Waals surface area contributed by atoms with E-state index in [2.05, 4.69) is 58.6 Å². The van der Waals surface area contributed by atoms with Crippen LogP contribution in [-0.4, -0.2) is 22.1 Å². The Balaban J connectivity index is 1.78. The van der Waals surface area contributed by atoms with Crippen LogP contribution >= 0.6 is 0 Å². The lowest BCUT2D eigenvalue weighted by atomic mass is 9.84. The maximum Gasteiger partial charge on any atom is 0.138 e. The summed E-state index contributed by atoms with van der Waals surface area (Å²) in [5.41, 5.74) is 11.6. The Kier molecular flexibility index (Phi) is 7.14. The van der Waals surface area contributed by atoms with Crippen molar-refractivity contribution in [2.75, 3.05) is 10.6 Å². The van der Waals surface area contributed by atoms with Gasteiger partial charge in [-0.3, -0.25) is 0 Å². The number of nitriles is 1. The minimum absolute atomic E-state index is 0.238. The van der Waals surface area contributed by atoms with E-state index >= 15 is 0 Å². The number of nitrogens with two attached hydrogens (primary N) is 1. The average Bonchev–Trinajstić information content (AvgIpc) is 2.82. The minimum atomic E-state index is -0.238. The highest BCUT2D eigenvalue weighted by molar-refractivity contribution is 5.62. The summed E-state index contributed by atoms with van der Waals surface area (Å²) in [7, 11) is 0. The highest BCUT2D eigenvalue weighted by Crippen LogP contribution is 2.42. The number of ether oxygens (including phenoxy) is 1. The standard InChI is InChI=1S/C28H39N5O/c1-7-17(4)20-9-10-23(30)21(14-29)27(20)25-13-24-22(15-34-25)28(32-26(8-2)31-24)33-18(5)11-16(3)12-19(33)6/h9-10,16-19,25H,7-8,11-13,15,30H2,1-6H3/t16?,17-,18?,19?,25?/m0/s1. The van der Waals surface area contributed by atoms with Crippen LogP contribution in [0.2, 0.25) is 0 Å². The van der Waals surface area contributed by atoms with E-state index in [1.807, 2.05) is 6.07 Å². The zero-order valence-electron chi connectivity index (χ0n) is 21.6. The second-order valence-corrected chi connectivity index (χ2v) is 10.4. The number of aryl methyl sites for hydroxylation is 1. The van der Waals surface area contributed by atoms with Crippen LogP contribution in [0.4, 0.5) is 11.5 Å². The summed E-state index contributed by atoms with van der Waals surface area (Å²) in [5, 5.41) is 9.96. The van der Waals surface area contributed by atoms with E-state index in [1.165, 1.54) is 12.8 Å². The van der Waals surface area contributed by atoms with Gasteiger partial charge in [-0.15, -0.1) is 0 Å². The Hall–Kier alpha value is -2.65. The van der Waals surface area contributed by atoms with Crippen LogP contribution < -0.4 is 10.6 Å². The normalized spacial score (nSPS) is 25.5. The van der Waals surface area contributed by atoms with E-state index in [0.29, 0.717) is 42.3 Å². The molecule has 2 N–H and O–H groups in total. The largest absolute Gasteiger partial charge is 0.398 e. The van der Waals surface area contributed by atoms with Crippen LogP contribution in [0.25, 0.3) is 0 Å². The first-order valence-electron chi connectivity index (χ1n) is 12.9. The molecule has 1 aromatic carbocycles. The van der Waals surface area contributed by atoms with Crippen molar-refractivity contribution in [3.63, 3.8) is 0 Å². The Morgan fingerprint density at radius 3 is 2.50 bits per heavy atom. The lowest BCUT2D eigenvalue weighted by Gasteiger charge is -2.44. The Morgan fingerprint density at radius 1 is 1.18 bits per heavy atom. The maximum atomic E-state index is 9.96. The number of hydrogen-bond acceptors (Lipinski definition) is 6. The number of nitrogen functional groups attached to an aromatic ring is 1. The SMILES string of the molecule is CCc1nc2c(c(N3C(C)CC(C)CC3C)n1)COC(c1c([C@@H](C)CC)ccc(N)c1C#N)C2. The van der Waals surface area contributed by atoms with Gasteiger partial charge in [-0.1, -0.05) is 33.8 Å². The van der Waals surface area contributed by atoms with Gasteiger partial charge >= 0.3 is 0 Å². The van der Waals surface area contributed by atoms with Gasteiger partial charge in [0.05, 0.1) is 24.0 Å². The molecule has 3 heterocycles. The summed E-state index contributed by atoms with van der Waals surface area (Å²) in [5.74, 6) is 2.96. The summed E-state index contributed by atoms with van der Waals surface area (Å²) in [6.07, 6.45) is 4.51. The van der Waals surface area contributed by atoms with Crippen molar-refractivity contribution in [1.82, 2.24) is 9.97 Å². The van der Waals surface area contributed by atoms with E-state index in [4.69, 9.17) is 20.4 Å². The third kappa shape index (κ3) is 4.38. The zero-order chi connectivity index (χ0) is 24.6. The number of anilines is 2. The highest BCUT2D eigenvalue weighted by atomic mass is 16.5. The summed E-state index contributed by atoms with van der Waals surface area (Å²) >= 11 is 0. The van der Waals surface area contributed by atoms with E-state index in [-0.39, 0.29) is 6.10 Å². The second kappa shape index (κ2) is 9.92. The molecule has 6 nitrogen and oxygen atoms in total. The van der Waals surface area contributed by atoms with Crippen LogP contribution in [0.3, 0.4) is 0 Å². The Bertz CT molecular complexity index is 1080. The van der Waals surface area contributed by atoms with Crippen LogP contribution in [0, 0.1) is 17.2 Å². The average molecular weight is 462 g/mol. The van der Waals surface area contributed by atoms with Gasteiger partial charge in [-0.25, -0.2) is 9.97 Å². The second-order valence-electron chi connectivity index (χ2n) is 10.4. The third-order valence-electron chi connectivity index (χ3n) is 7.81. The molecule has 2 aliphatic rings. The number of piperidine rings is 1. The van der Waals surface area contributed by atoms with Gasteiger partial charge < -0.3 is 15.4 Å². The van der Waals surface area contributed by atoms with Crippen molar-refractivity contribution < 1.29 is 4.74 Å². The van der Waals surface area contributed by atoms with E-state index in [0.717, 1.165) is 52.8 Å². The first-order chi connectivity index (χ1) is 16.3. The molecule has 2 aromatic rings. The first-order valence-corrected chi connectivity index (χ1v) is 12.9. The minimum Gasteiger partial charge on any atom is -0.398 e. The van der Waals surface area contributed by atoms with E-state index < -0.39 is 0 Å². The molecule has 6 heteroatoms. The van der Waals surface area contributed by atoms with Gasteiger partial charge in [-0.05, 0) is 56.6 Å². The topological polar surface area (TPSA) is 88.1 Å². The number of rotatable bonds is 5. The quantitative estimate of drug-likeness (QED) is 0.563. The molecule has 2 aliphatic heterocycles. The Morgan fingerprint density at radius 2 is 1.88 bits per heavy atom. The molecule has 0 aliphatic carbocycles. The van der Waals surface area contributed by atoms with Crippen molar-refractivity contribution in [1.29, 1.82) is 5.26 Å². The predicted molar refractivity (Wildman–Crippen MR) is 137 cm³/mol. The molecule has 182 valence electrons. The fraction of sp³-hybridized carbons (Fsp3) is 0.607. The van der Waals surface area contributed by atoms with Crippen LogP contribution in [0.1, 0.15) is 107 Å². The summed E-state index contributed by atoms with van der Waals surface area (Å²) in [6, 6.07) is 7.14. The molecule has 0 amide bonds. The lowest BCUT2D eigenvalue weighted by molar-refractivity contribution is 0.0249. The fourth-order valence-corrected chi connectivity index (χ4v) is 5.97. The molecule has 3 unspecified atom stereocenters. The summed E-state index contributed by atoms with van der Waals surface area (Å²) < 4.78 is 6.51. The van der Waals surface area contributed by atoms with E-state index in [1.54, 1.807) is 0 Å². The van der Waals surface area contributed by atoms with Crippen LogP contribution in [0.15, 0.2) is 12.1 Å². The molecule has 1 aromatic heterocycles. The van der Waals surface area contributed by atoms with Gasteiger partial charge in [0.15, 0.2) is 0 Å². The van der Waals surface area contributed by atoms with Crippen molar-refractivity contribution in [2.24, 2.45) is 5.92 Å². The smallest absolute Gasteiger partial charge is 0.138 e. The third-order valence-corrected chi connectivity index (χ3v) is 7.81. The number of fused-ring (bicyclic) bond motifs is 1. The zero-order valence-corrected chi connectivity index (χ0v) is 21.6. The van der Waals surface area contributed by atoms with Gasteiger partial charge in [0, 0.05) is 41.7 Å². The number of aromatic nitrogens is 2. The molecule has 0 spiro atoms. The number of hydrogen-bond donors (Lipinski definition) is 1. The molecule has 0 saturated carbocycles. The van der Waals surface area contributed by atoms with Gasteiger partial charge in [0.1, 0.15) is 17.7 Å². The molecule has 1 saturated heterocycles. The van der Waals surface area contributed by atoms with Crippen LogP contribution in [0.5, 0.6) is 0 Å². The van der Waals surface area contributed by atoms with E-state index in [9.17, 15) is 5.26 Å². The predicted octanol–water partition coefficient (Wildman–Crippen LogP) is 5.83. The Labute approximate surface area is 204 Å². The van der Waals surface area contributed by atoms with Crippen molar-refractivity contribution in [3.8, 4) is 6.07 Å². The highest BCUT2D eigenvalue weighted by Gasteiger charge is 2.35. The molecule has 0 bridgehead atoms. The van der Waals surface area contributed by atoms with Gasteiger partial charge in [-0.2, -0.15) is 5.26 Å². The fourth-order valence-electron chi connectivity index (χ4n) is 5.97. The molecular weight excluding hydrogens is 422 g/mol. The molecule has 4 rings (SSSR count). The van der Waals surface area contributed by atoms with Crippen molar-refractivity contribution >= 4 is 11.5 Å².